The number of hydrogen-bond donors (Lipinski definition) is 1. The van der Waals surface area contributed by atoms with Gasteiger partial charge in [0.05, 0.1) is 7.11 Å². The zero-order valence-electron chi connectivity index (χ0n) is 21.1. The van der Waals surface area contributed by atoms with Crippen LogP contribution < -0.4 is 19.5 Å². The van der Waals surface area contributed by atoms with Crippen LogP contribution in [0.4, 0.5) is 0 Å². The number of carbonyl (C=O) groups excluding carboxylic acids is 3. The van der Waals surface area contributed by atoms with E-state index in [1.165, 1.54) is 0 Å². The summed E-state index contributed by atoms with van der Waals surface area (Å²) in [6.45, 7) is 2.61. The molecule has 1 N–H and O–H groups in total. The molecule has 9 heteroatoms. The number of carbonyl (C=O) groups is 3. The second kappa shape index (κ2) is 11.1. The highest BCUT2D eigenvalue weighted by Gasteiger charge is 2.37. The number of nitrogens with zero attached hydrogens (tertiary/aromatic N) is 2. The van der Waals surface area contributed by atoms with Gasteiger partial charge in [-0.05, 0) is 80.5 Å². The lowest BCUT2D eigenvalue weighted by molar-refractivity contribution is -0.136. The van der Waals surface area contributed by atoms with E-state index in [2.05, 4.69) is 5.32 Å². The van der Waals surface area contributed by atoms with E-state index < -0.39 is 6.04 Å². The standard InChI is InChI=1S/C28H33N3O6/c1-35-22-8-5-20(6-9-22)27(33)31-15-11-19(12-16-31)25(28(34)30-13-3-2-4-14-30)29-26(32)21-7-10-23-24(17-21)37-18-36-23/h5-10,17,19,25H,2-4,11-16,18H2,1H3,(H,29,32). The van der Waals surface area contributed by atoms with E-state index in [4.69, 9.17) is 14.2 Å². The Morgan fingerprint density at radius 1 is 0.865 bits per heavy atom. The maximum Gasteiger partial charge on any atom is 0.253 e. The molecule has 0 saturated carbocycles. The van der Waals surface area contributed by atoms with Crippen LogP contribution in [0.2, 0.25) is 0 Å². The summed E-state index contributed by atoms with van der Waals surface area (Å²) >= 11 is 0. The largest absolute Gasteiger partial charge is 0.497 e. The summed E-state index contributed by atoms with van der Waals surface area (Å²) in [5.74, 6) is 1.38. The summed E-state index contributed by atoms with van der Waals surface area (Å²) in [6.07, 6.45) is 4.33. The number of benzene rings is 2. The van der Waals surface area contributed by atoms with Crippen molar-refractivity contribution in [2.45, 2.75) is 38.1 Å². The second-order valence-electron chi connectivity index (χ2n) is 9.76. The van der Waals surface area contributed by atoms with Gasteiger partial charge in [0.2, 0.25) is 12.7 Å². The third kappa shape index (κ3) is 5.50. The SMILES string of the molecule is COc1ccc(C(=O)N2CCC(C(NC(=O)c3ccc4c(c3)OCO4)C(=O)N3CCCCC3)CC2)cc1. The van der Waals surface area contributed by atoms with E-state index in [9.17, 15) is 14.4 Å². The second-order valence-corrected chi connectivity index (χ2v) is 9.76. The van der Waals surface area contributed by atoms with Crippen LogP contribution in [0.1, 0.15) is 52.8 Å². The minimum atomic E-state index is -0.644. The summed E-state index contributed by atoms with van der Waals surface area (Å²) in [4.78, 5) is 43.6. The third-order valence-corrected chi connectivity index (χ3v) is 7.49. The minimum absolute atomic E-state index is 0.0336. The Balaban J connectivity index is 1.28. The Bertz CT molecular complexity index is 1140. The number of piperidine rings is 2. The van der Waals surface area contributed by atoms with Gasteiger partial charge in [-0.2, -0.15) is 0 Å². The molecular formula is C28H33N3O6. The Morgan fingerprint density at radius 3 is 2.24 bits per heavy atom. The first-order valence-electron chi connectivity index (χ1n) is 13.0. The van der Waals surface area contributed by atoms with Crippen molar-refractivity contribution in [3.05, 3.63) is 53.6 Å². The first-order valence-corrected chi connectivity index (χ1v) is 13.0. The summed E-state index contributed by atoms with van der Waals surface area (Å²) in [5.41, 5.74) is 1.03. The number of amides is 3. The predicted octanol–water partition coefficient (Wildman–Crippen LogP) is 3.09. The Kier molecular flexibility index (Phi) is 7.48. The van der Waals surface area contributed by atoms with Crippen molar-refractivity contribution in [2.75, 3.05) is 40.1 Å². The van der Waals surface area contributed by atoms with Gasteiger partial charge >= 0.3 is 0 Å². The molecule has 0 radical (unpaired) electrons. The topological polar surface area (TPSA) is 97.4 Å². The normalized spacial score (nSPS) is 18.3. The highest BCUT2D eigenvalue weighted by molar-refractivity contribution is 5.98. The van der Waals surface area contributed by atoms with Crippen LogP contribution in [0.5, 0.6) is 17.2 Å². The lowest BCUT2D eigenvalue weighted by atomic mass is 9.87. The molecule has 3 aliphatic rings. The van der Waals surface area contributed by atoms with E-state index >= 15 is 0 Å². The van der Waals surface area contributed by atoms with Crippen LogP contribution in [0.15, 0.2) is 42.5 Å². The van der Waals surface area contributed by atoms with Crippen molar-refractivity contribution in [3.8, 4) is 17.2 Å². The van der Waals surface area contributed by atoms with Crippen molar-refractivity contribution in [3.63, 3.8) is 0 Å². The lowest BCUT2D eigenvalue weighted by Gasteiger charge is -2.38. The Morgan fingerprint density at radius 2 is 1.54 bits per heavy atom. The van der Waals surface area contributed by atoms with E-state index in [1.807, 2.05) is 9.80 Å². The summed E-state index contributed by atoms with van der Waals surface area (Å²) in [5, 5.41) is 3.04. The highest BCUT2D eigenvalue weighted by atomic mass is 16.7. The molecule has 2 aromatic rings. The van der Waals surface area contributed by atoms with Gasteiger partial charge in [-0.3, -0.25) is 14.4 Å². The highest BCUT2D eigenvalue weighted by Crippen LogP contribution is 2.33. The molecule has 3 heterocycles. The van der Waals surface area contributed by atoms with E-state index in [-0.39, 0.29) is 30.4 Å². The number of ether oxygens (including phenoxy) is 3. The van der Waals surface area contributed by atoms with E-state index in [0.717, 1.165) is 19.3 Å². The molecule has 3 amide bonds. The average molecular weight is 508 g/mol. The van der Waals surface area contributed by atoms with Gasteiger partial charge in [0.15, 0.2) is 11.5 Å². The molecule has 5 rings (SSSR count). The zero-order chi connectivity index (χ0) is 25.8. The molecule has 0 bridgehead atoms. The van der Waals surface area contributed by atoms with Crippen LogP contribution in [-0.2, 0) is 4.79 Å². The maximum absolute atomic E-state index is 13.6. The molecular weight excluding hydrogens is 474 g/mol. The number of fused-ring (bicyclic) bond motifs is 1. The van der Waals surface area contributed by atoms with Gasteiger partial charge in [0.1, 0.15) is 11.8 Å². The molecule has 9 nitrogen and oxygen atoms in total. The summed E-state index contributed by atoms with van der Waals surface area (Å²) < 4.78 is 15.9. The summed E-state index contributed by atoms with van der Waals surface area (Å²) in [7, 11) is 1.59. The van der Waals surface area contributed by atoms with Gasteiger partial charge in [-0.15, -0.1) is 0 Å². The first kappa shape index (κ1) is 24.9. The van der Waals surface area contributed by atoms with Gasteiger partial charge < -0.3 is 29.3 Å². The maximum atomic E-state index is 13.6. The smallest absolute Gasteiger partial charge is 0.253 e. The van der Waals surface area contributed by atoms with Crippen molar-refractivity contribution in [1.82, 2.24) is 15.1 Å². The molecule has 2 saturated heterocycles. The number of hydrogen-bond acceptors (Lipinski definition) is 6. The number of likely N-dealkylation sites (tertiary alicyclic amines) is 2. The van der Waals surface area contributed by atoms with Gasteiger partial charge in [0, 0.05) is 37.3 Å². The monoisotopic (exact) mass is 507 g/mol. The van der Waals surface area contributed by atoms with Crippen molar-refractivity contribution >= 4 is 17.7 Å². The fraction of sp³-hybridized carbons (Fsp3) is 0.464. The van der Waals surface area contributed by atoms with Crippen molar-refractivity contribution < 1.29 is 28.6 Å². The molecule has 196 valence electrons. The fourth-order valence-electron chi connectivity index (χ4n) is 5.31. The Labute approximate surface area is 216 Å². The molecule has 2 aromatic carbocycles. The van der Waals surface area contributed by atoms with Crippen LogP contribution in [0.3, 0.4) is 0 Å². The van der Waals surface area contributed by atoms with Gasteiger partial charge in [-0.1, -0.05) is 0 Å². The van der Waals surface area contributed by atoms with Gasteiger partial charge in [-0.25, -0.2) is 0 Å². The molecule has 1 unspecified atom stereocenters. The predicted molar refractivity (Wildman–Crippen MR) is 136 cm³/mol. The fourth-order valence-corrected chi connectivity index (χ4v) is 5.31. The third-order valence-electron chi connectivity index (χ3n) is 7.49. The minimum Gasteiger partial charge on any atom is -0.497 e. The number of nitrogens with one attached hydrogen (secondary N) is 1. The molecule has 0 spiro atoms. The van der Waals surface area contributed by atoms with E-state index in [0.29, 0.717) is 67.4 Å². The lowest BCUT2D eigenvalue weighted by Crippen LogP contribution is -2.55. The molecule has 0 aliphatic carbocycles. The van der Waals surface area contributed by atoms with Gasteiger partial charge in [0.25, 0.3) is 11.8 Å². The zero-order valence-corrected chi connectivity index (χ0v) is 21.1. The van der Waals surface area contributed by atoms with Crippen LogP contribution in [-0.4, -0.2) is 73.6 Å². The number of methoxy groups -OCH3 is 1. The molecule has 0 aromatic heterocycles. The van der Waals surface area contributed by atoms with Crippen LogP contribution in [0.25, 0.3) is 0 Å². The number of rotatable bonds is 6. The molecule has 3 aliphatic heterocycles. The Hall–Kier alpha value is -3.75. The summed E-state index contributed by atoms with van der Waals surface area (Å²) in [6, 6.07) is 11.5. The van der Waals surface area contributed by atoms with Crippen LogP contribution >= 0.6 is 0 Å². The quantitative estimate of drug-likeness (QED) is 0.646. The van der Waals surface area contributed by atoms with Crippen LogP contribution in [0, 0.1) is 5.92 Å². The molecule has 2 fully saturated rings. The van der Waals surface area contributed by atoms with Crippen molar-refractivity contribution in [2.24, 2.45) is 5.92 Å². The van der Waals surface area contributed by atoms with Crippen molar-refractivity contribution in [1.29, 1.82) is 0 Å². The molecule has 37 heavy (non-hydrogen) atoms. The average Bonchev–Trinajstić information content (AvgIpc) is 3.44. The first-order chi connectivity index (χ1) is 18.0. The molecule has 1 atom stereocenters. The van der Waals surface area contributed by atoms with E-state index in [1.54, 1.807) is 49.6 Å².